The van der Waals surface area contributed by atoms with E-state index in [1.165, 1.54) is 18.4 Å². The molecule has 8 heteroatoms. The molecule has 3 aromatic rings. The molecule has 1 aliphatic carbocycles. The molecule has 2 aromatic heterocycles. The van der Waals surface area contributed by atoms with E-state index in [1.54, 1.807) is 22.0 Å². The lowest BCUT2D eigenvalue weighted by atomic mass is 9.96. The largest absolute Gasteiger partial charge is 0.354 e. The number of pyridine rings is 1. The summed E-state index contributed by atoms with van der Waals surface area (Å²) in [6.07, 6.45) is 11.8. The quantitative estimate of drug-likeness (QED) is 0.403. The highest BCUT2D eigenvalue weighted by Gasteiger charge is 2.32. The second kappa shape index (κ2) is 12.4. The Morgan fingerprint density at radius 3 is 2.67 bits per heavy atom. The van der Waals surface area contributed by atoms with Crippen LogP contribution in [0.5, 0.6) is 0 Å². The first-order valence-corrected chi connectivity index (χ1v) is 13.0. The number of aromatic nitrogens is 4. The zero-order chi connectivity index (χ0) is 25.3. The monoisotopic (exact) mass is 488 g/mol. The maximum Gasteiger partial charge on any atom is 0.247 e. The number of benzene rings is 1. The van der Waals surface area contributed by atoms with Crippen molar-refractivity contribution in [2.75, 3.05) is 13.1 Å². The molecule has 1 aromatic carbocycles. The molecule has 8 nitrogen and oxygen atoms in total. The summed E-state index contributed by atoms with van der Waals surface area (Å²) in [5, 5.41) is 11.5. The van der Waals surface area contributed by atoms with Gasteiger partial charge in [0.1, 0.15) is 18.1 Å². The molecular weight excluding hydrogens is 452 g/mol. The molecule has 0 saturated heterocycles. The van der Waals surface area contributed by atoms with Crippen LogP contribution in [-0.4, -0.2) is 49.8 Å². The Hall–Kier alpha value is -3.55. The number of nitrogens with zero attached hydrogens (tertiary/aromatic N) is 5. The Morgan fingerprint density at radius 2 is 1.92 bits per heavy atom. The summed E-state index contributed by atoms with van der Waals surface area (Å²) in [7, 11) is 0. The fourth-order valence-electron chi connectivity index (χ4n) is 4.65. The zero-order valence-electron chi connectivity index (χ0n) is 21.3. The van der Waals surface area contributed by atoms with E-state index in [1.807, 2.05) is 36.4 Å². The molecule has 190 valence electrons. The molecule has 36 heavy (non-hydrogen) atoms. The molecule has 0 bridgehead atoms. The maximum absolute atomic E-state index is 13.9. The Balaban J connectivity index is 1.62. The summed E-state index contributed by atoms with van der Waals surface area (Å²) in [4.78, 5) is 33.3. The summed E-state index contributed by atoms with van der Waals surface area (Å²) >= 11 is 0. The van der Waals surface area contributed by atoms with Crippen LogP contribution in [-0.2, 0) is 16.1 Å². The molecule has 0 unspecified atom stereocenters. The number of nitrogens with one attached hydrogen (secondary N) is 1. The lowest BCUT2D eigenvalue weighted by molar-refractivity contribution is -0.141. The normalized spacial score (nSPS) is 14.5. The number of allylic oxidation sites excluding steroid dienone is 1. The van der Waals surface area contributed by atoms with Gasteiger partial charge in [-0.1, -0.05) is 42.8 Å². The topological polar surface area (TPSA) is 93.0 Å². The van der Waals surface area contributed by atoms with Crippen LogP contribution in [0.15, 0.2) is 60.4 Å². The molecule has 1 aliphatic rings. The van der Waals surface area contributed by atoms with Gasteiger partial charge in [0.25, 0.3) is 0 Å². The van der Waals surface area contributed by atoms with Gasteiger partial charge in [-0.15, -0.1) is 5.10 Å². The Bertz CT molecular complexity index is 1190. The lowest BCUT2D eigenvalue weighted by Gasteiger charge is -2.32. The van der Waals surface area contributed by atoms with E-state index in [9.17, 15) is 9.59 Å². The maximum atomic E-state index is 13.9. The number of para-hydroxylation sites is 1. The van der Waals surface area contributed by atoms with Crippen LogP contribution in [0.3, 0.4) is 0 Å². The molecule has 0 fully saturated rings. The molecule has 0 spiro atoms. The van der Waals surface area contributed by atoms with Crippen LogP contribution in [0.4, 0.5) is 0 Å². The van der Waals surface area contributed by atoms with Gasteiger partial charge in [0.2, 0.25) is 11.8 Å². The van der Waals surface area contributed by atoms with Crippen LogP contribution in [0.25, 0.3) is 11.0 Å². The number of carbonyl (C=O) groups excluding carboxylic acids is 2. The second-order valence-corrected chi connectivity index (χ2v) is 9.84. The first-order valence-electron chi connectivity index (χ1n) is 13.0. The minimum absolute atomic E-state index is 0.0143. The average Bonchev–Trinajstić information content (AvgIpc) is 3.30. The highest BCUT2D eigenvalue weighted by Crippen LogP contribution is 2.26. The van der Waals surface area contributed by atoms with Gasteiger partial charge in [-0.25, -0.2) is 4.68 Å². The minimum atomic E-state index is -0.744. The van der Waals surface area contributed by atoms with E-state index in [4.69, 9.17) is 0 Å². The Labute approximate surface area is 212 Å². The fourth-order valence-corrected chi connectivity index (χ4v) is 4.65. The van der Waals surface area contributed by atoms with E-state index in [0.717, 1.165) is 42.3 Å². The summed E-state index contributed by atoms with van der Waals surface area (Å²) in [5.74, 6) is 0.139. The summed E-state index contributed by atoms with van der Waals surface area (Å²) in [6.45, 7) is 5.30. The standard InChI is InChI=1S/C28H36N6O2/c1-21(2)12-18-30-28(36)27(23-13-16-29-17-14-23)33(19-15-22-8-4-3-5-9-22)26(35)20-34-25-11-7-6-10-24(25)31-32-34/h6-8,10-11,13-14,16-17,21,27H,3-5,9,12,15,18-20H2,1-2H3,(H,30,36)/t27-/m1/s1. The van der Waals surface area contributed by atoms with Crippen molar-refractivity contribution in [1.82, 2.24) is 30.2 Å². The molecule has 2 amide bonds. The molecule has 1 atom stereocenters. The molecule has 0 aliphatic heterocycles. The molecule has 0 radical (unpaired) electrons. The van der Waals surface area contributed by atoms with E-state index in [0.29, 0.717) is 19.0 Å². The van der Waals surface area contributed by atoms with Gasteiger partial charge in [-0.3, -0.25) is 14.6 Å². The predicted molar refractivity (Wildman–Crippen MR) is 140 cm³/mol. The number of fused-ring (bicyclic) bond motifs is 1. The van der Waals surface area contributed by atoms with E-state index < -0.39 is 6.04 Å². The first kappa shape index (κ1) is 25.5. The van der Waals surface area contributed by atoms with Gasteiger partial charge in [0.05, 0.1) is 5.52 Å². The van der Waals surface area contributed by atoms with Crippen LogP contribution < -0.4 is 5.32 Å². The third-order valence-electron chi connectivity index (χ3n) is 6.69. The second-order valence-electron chi connectivity index (χ2n) is 9.84. The minimum Gasteiger partial charge on any atom is -0.354 e. The third kappa shape index (κ3) is 6.56. The van der Waals surface area contributed by atoms with E-state index in [2.05, 4.69) is 40.5 Å². The number of carbonyl (C=O) groups is 2. The van der Waals surface area contributed by atoms with Gasteiger partial charge in [-0.05, 0) is 74.3 Å². The Morgan fingerprint density at radius 1 is 1.11 bits per heavy atom. The molecule has 0 saturated carbocycles. The van der Waals surface area contributed by atoms with Crippen LogP contribution in [0, 0.1) is 5.92 Å². The van der Waals surface area contributed by atoms with Gasteiger partial charge < -0.3 is 10.2 Å². The SMILES string of the molecule is CC(C)CCNC(=O)[C@@H](c1ccncc1)N(CCC1=CCCCC1)C(=O)Cn1nnc2ccccc21. The van der Waals surface area contributed by atoms with Crippen molar-refractivity contribution in [1.29, 1.82) is 0 Å². The van der Waals surface area contributed by atoms with Gasteiger partial charge in [0, 0.05) is 25.5 Å². The first-order chi connectivity index (χ1) is 17.5. The highest BCUT2D eigenvalue weighted by molar-refractivity contribution is 5.89. The number of rotatable bonds is 11. The van der Waals surface area contributed by atoms with Crippen LogP contribution in [0.1, 0.15) is 64.0 Å². The lowest BCUT2D eigenvalue weighted by Crippen LogP contribution is -2.45. The van der Waals surface area contributed by atoms with Crippen molar-refractivity contribution in [2.24, 2.45) is 5.92 Å². The van der Waals surface area contributed by atoms with Crippen molar-refractivity contribution >= 4 is 22.8 Å². The number of amides is 2. The highest BCUT2D eigenvalue weighted by atomic mass is 16.2. The summed E-state index contributed by atoms with van der Waals surface area (Å²) in [6, 6.07) is 10.5. The van der Waals surface area contributed by atoms with Crippen molar-refractivity contribution in [3.63, 3.8) is 0 Å². The van der Waals surface area contributed by atoms with Gasteiger partial charge in [-0.2, -0.15) is 0 Å². The summed E-state index contributed by atoms with van der Waals surface area (Å²) in [5.41, 5.74) is 3.64. The zero-order valence-corrected chi connectivity index (χ0v) is 21.3. The third-order valence-corrected chi connectivity index (χ3v) is 6.69. The smallest absolute Gasteiger partial charge is 0.247 e. The summed E-state index contributed by atoms with van der Waals surface area (Å²) < 4.78 is 1.62. The van der Waals surface area contributed by atoms with Crippen LogP contribution in [0.2, 0.25) is 0 Å². The average molecular weight is 489 g/mol. The van der Waals surface area contributed by atoms with E-state index in [-0.39, 0.29) is 18.4 Å². The molecule has 1 N–H and O–H groups in total. The Kier molecular flexibility index (Phi) is 8.81. The number of hydrogen-bond acceptors (Lipinski definition) is 5. The van der Waals surface area contributed by atoms with Crippen molar-refractivity contribution in [3.8, 4) is 0 Å². The van der Waals surface area contributed by atoms with Crippen molar-refractivity contribution in [2.45, 2.75) is 65.0 Å². The van der Waals surface area contributed by atoms with Crippen LogP contribution >= 0.6 is 0 Å². The predicted octanol–water partition coefficient (Wildman–Crippen LogP) is 4.45. The molecule has 2 heterocycles. The number of hydrogen-bond donors (Lipinski definition) is 1. The fraction of sp³-hybridized carbons (Fsp3) is 0.464. The van der Waals surface area contributed by atoms with E-state index >= 15 is 0 Å². The van der Waals surface area contributed by atoms with Crippen molar-refractivity contribution in [3.05, 3.63) is 66.0 Å². The molecular formula is C28H36N6O2. The van der Waals surface area contributed by atoms with Gasteiger partial charge in [0.15, 0.2) is 0 Å². The molecule has 4 rings (SSSR count). The van der Waals surface area contributed by atoms with Gasteiger partial charge >= 0.3 is 0 Å². The van der Waals surface area contributed by atoms with Crippen molar-refractivity contribution < 1.29 is 9.59 Å².